The first-order chi connectivity index (χ1) is 1.00. The maximum absolute atomic E-state index is 7.75. The summed E-state index contributed by atoms with van der Waals surface area (Å²) in [6.45, 7) is 3.25. The van der Waals surface area contributed by atoms with Crippen LogP contribution >= 0.6 is 0 Å². The summed E-state index contributed by atoms with van der Waals surface area (Å²) in [7, 11) is 0. The van der Waals surface area contributed by atoms with Crippen LogP contribution in [0.5, 0.6) is 0 Å². The van der Waals surface area contributed by atoms with Gasteiger partial charge in [0.25, 0.3) is 0 Å². The molecular formula is CHCoMnO-. The van der Waals surface area contributed by atoms with Crippen molar-refractivity contribution in [3.63, 3.8) is 0 Å². The van der Waals surface area contributed by atoms with Gasteiger partial charge in [-0.25, -0.2) is 0 Å². The van der Waals surface area contributed by atoms with E-state index in [1.165, 1.54) is 0 Å². The topological polar surface area (TPSA) is 17.1 Å². The van der Waals surface area contributed by atoms with Crippen molar-refractivity contribution in [2.75, 3.05) is 0 Å². The molecule has 0 N–H and O–H groups in total. The van der Waals surface area contributed by atoms with Gasteiger partial charge in [0.05, 0.1) is 0 Å². The summed E-state index contributed by atoms with van der Waals surface area (Å²) >= 11 is 0. The summed E-state index contributed by atoms with van der Waals surface area (Å²) in [6.07, 6.45) is 0. The molecule has 0 aromatic carbocycles. The molecule has 1 nitrogen and oxygen atoms in total. The minimum absolute atomic E-state index is 0. The van der Waals surface area contributed by atoms with Crippen LogP contribution in [0.25, 0.3) is 0 Å². The van der Waals surface area contributed by atoms with Crippen molar-refractivity contribution < 1.29 is 38.6 Å². The first kappa shape index (κ1) is 22.3. The second-order valence-electron chi connectivity index (χ2n) is 0. The Labute approximate surface area is 45.8 Å². The molecule has 0 saturated carbocycles. The average Bonchev–Trinajstić information content (AvgIpc) is 1.00. The molecule has 28 valence electrons. The zero-order chi connectivity index (χ0) is 2.00. The van der Waals surface area contributed by atoms with E-state index in [1.807, 2.05) is 0 Å². The van der Waals surface area contributed by atoms with E-state index in [0.29, 0.717) is 0 Å². The van der Waals surface area contributed by atoms with Gasteiger partial charge in [-0.05, 0) is 0 Å². The van der Waals surface area contributed by atoms with Gasteiger partial charge in [0.1, 0.15) is 0 Å². The fourth-order valence-corrected chi connectivity index (χ4v) is 0. The van der Waals surface area contributed by atoms with Crippen molar-refractivity contribution in [2.45, 2.75) is 0 Å². The summed E-state index contributed by atoms with van der Waals surface area (Å²) in [5.41, 5.74) is 0. The Morgan fingerprint density at radius 2 is 1.25 bits per heavy atom. The normalized spacial score (nSPS) is 1.00. The predicted molar refractivity (Wildman–Crippen MR) is 6.75 cm³/mol. The van der Waals surface area contributed by atoms with Crippen LogP contribution in [0.1, 0.15) is 0 Å². The Kier molecular flexibility index (Phi) is 309. The molecule has 0 spiro atoms. The van der Waals surface area contributed by atoms with E-state index in [1.54, 1.807) is 0 Å². The van der Waals surface area contributed by atoms with Gasteiger partial charge in [0.15, 0.2) is 0 Å². The minimum atomic E-state index is 0. The third-order valence-corrected chi connectivity index (χ3v) is 0. The number of carbonyl (C=O) groups excluding carboxylic acids is 1. The molecule has 4 heavy (non-hydrogen) atoms. The van der Waals surface area contributed by atoms with Gasteiger partial charge in [-0.1, -0.05) is 0 Å². The molecule has 3 heteroatoms. The Bertz CT molecular complexity index is 8.00. The maximum Gasteiger partial charge on any atom is 0 e. The number of hydrogen-bond acceptors (Lipinski definition) is 1. The zero-order valence-corrected chi connectivity index (χ0v) is 3.92. The van der Waals surface area contributed by atoms with E-state index in [0.717, 1.165) is 0 Å². The molecule has 0 atom stereocenters. The van der Waals surface area contributed by atoms with Gasteiger partial charge in [-0.15, -0.1) is 0 Å². The molecule has 0 amide bonds. The van der Waals surface area contributed by atoms with Crippen LogP contribution in [0.15, 0.2) is 0 Å². The van der Waals surface area contributed by atoms with Crippen molar-refractivity contribution in [3.8, 4) is 0 Å². The summed E-state index contributed by atoms with van der Waals surface area (Å²) in [6, 6.07) is 0. The molecule has 0 aliphatic rings. The van der Waals surface area contributed by atoms with E-state index in [4.69, 9.17) is 4.79 Å². The molecular weight excluding hydrogens is 142 g/mol. The van der Waals surface area contributed by atoms with Gasteiger partial charge in [-0.3, -0.25) is 6.79 Å². The van der Waals surface area contributed by atoms with Gasteiger partial charge >= 0.3 is 0 Å². The van der Waals surface area contributed by atoms with Crippen LogP contribution in [-0.4, -0.2) is 6.79 Å². The number of hydrogen-bond donors (Lipinski definition) is 0. The second-order valence-corrected chi connectivity index (χ2v) is 0. The molecule has 0 aliphatic carbocycles. The van der Waals surface area contributed by atoms with Gasteiger partial charge in [0, 0.05) is 33.8 Å². The Balaban J connectivity index is -0.00000000500. The molecule has 2 radical (unpaired) electrons. The van der Waals surface area contributed by atoms with Crippen molar-refractivity contribution in [3.05, 3.63) is 0 Å². The van der Waals surface area contributed by atoms with Gasteiger partial charge < -0.3 is 4.79 Å². The first-order valence-electron chi connectivity index (χ1n) is 0.236. The number of rotatable bonds is 0. The standard InChI is InChI=1S/CHO.Co.Mn/c1-2;;/h1H;;/q-1;;. The Hall–Kier alpha value is 0.696. The quantitative estimate of drug-likeness (QED) is 0.259. The Morgan fingerprint density at radius 1 is 1.25 bits per heavy atom. The van der Waals surface area contributed by atoms with E-state index in [-0.39, 0.29) is 33.8 Å². The molecule has 0 heterocycles. The van der Waals surface area contributed by atoms with Gasteiger partial charge in [-0.2, -0.15) is 0 Å². The monoisotopic (exact) mass is 143 g/mol. The molecule has 0 rings (SSSR count). The van der Waals surface area contributed by atoms with E-state index < -0.39 is 0 Å². The van der Waals surface area contributed by atoms with E-state index >= 15 is 0 Å². The van der Waals surface area contributed by atoms with Crippen LogP contribution in [0.3, 0.4) is 0 Å². The minimum Gasteiger partial charge on any atom is -0.545 e. The van der Waals surface area contributed by atoms with Crippen LogP contribution < -0.4 is 0 Å². The SMILES string of the molecule is [CH-]=O.[Co].[Mn]. The van der Waals surface area contributed by atoms with Crippen molar-refractivity contribution in [1.29, 1.82) is 0 Å². The van der Waals surface area contributed by atoms with Crippen LogP contribution in [0, 0.1) is 0 Å². The smallest absolute Gasteiger partial charge is 0 e. The van der Waals surface area contributed by atoms with Crippen LogP contribution in [0.2, 0.25) is 0 Å². The molecule has 0 aromatic rings. The van der Waals surface area contributed by atoms with Crippen LogP contribution in [-0.2, 0) is 38.6 Å². The van der Waals surface area contributed by atoms with Crippen molar-refractivity contribution >= 4 is 6.79 Å². The Morgan fingerprint density at radius 3 is 1.25 bits per heavy atom. The predicted octanol–water partition coefficient (Wildman–Crippen LogP) is -0.279. The fourth-order valence-electron chi connectivity index (χ4n) is 0. The van der Waals surface area contributed by atoms with Crippen LogP contribution in [0.4, 0.5) is 0 Å². The second kappa shape index (κ2) is 55.5. The fraction of sp³-hybridized carbons (Fsp3) is 0. The largest absolute Gasteiger partial charge is 0.545 e. The molecule has 0 aliphatic heterocycles. The molecule has 0 unspecified atom stereocenters. The molecule has 0 saturated heterocycles. The maximum atomic E-state index is 7.75. The van der Waals surface area contributed by atoms with Crippen molar-refractivity contribution in [1.82, 2.24) is 0 Å². The summed E-state index contributed by atoms with van der Waals surface area (Å²) in [4.78, 5) is 7.75. The zero-order valence-electron chi connectivity index (χ0n) is 1.70. The first-order valence-corrected chi connectivity index (χ1v) is 0.236. The molecule has 0 aromatic heterocycles. The molecule has 0 fully saturated rings. The average molecular weight is 143 g/mol. The summed E-state index contributed by atoms with van der Waals surface area (Å²) in [5.74, 6) is 0. The van der Waals surface area contributed by atoms with E-state index in [2.05, 4.69) is 6.79 Å². The summed E-state index contributed by atoms with van der Waals surface area (Å²) in [5, 5.41) is 0. The van der Waals surface area contributed by atoms with Gasteiger partial charge in [0.2, 0.25) is 0 Å². The summed E-state index contributed by atoms with van der Waals surface area (Å²) < 4.78 is 0. The third-order valence-electron chi connectivity index (χ3n) is 0. The molecule has 0 bridgehead atoms. The van der Waals surface area contributed by atoms with E-state index in [9.17, 15) is 0 Å². The third kappa shape index (κ3) is 16.0. The van der Waals surface area contributed by atoms with Crippen molar-refractivity contribution in [2.24, 2.45) is 0 Å².